The second-order valence-corrected chi connectivity index (χ2v) is 5.53. The van der Waals surface area contributed by atoms with Gasteiger partial charge in [0.25, 0.3) is 0 Å². The number of nitrogens with zero attached hydrogens (tertiary/aromatic N) is 3. The van der Waals surface area contributed by atoms with Gasteiger partial charge in [0.2, 0.25) is 0 Å². The molecule has 0 spiro atoms. The van der Waals surface area contributed by atoms with Gasteiger partial charge in [0.15, 0.2) is 0 Å². The first-order valence-corrected chi connectivity index (χ1v) is 7.22. The van der Waals surface area contributed by atoms with E-state index in [4.69, 9.17) is 5.73 Å². The Hall–Kier alpha value is -1.20. The lowest BCUT2D eigenvalue weighted by Gasteiger charge is -2.25. The summed E-state index contributed by atoms with van der Waals surface area (Å²) < 4.78 is 3.05. The van der Waals surface area contributed by atoms with Gasteiger partial charge >= 0.3 is 0 Å². The van der Waals surface area contributed by atoms with Crippen molar-refractivity contribution in [2.75, 3.05) is 0 Å². The average Bonchev–Trinajstić information content (AvgIpc) is 2.68. The largest absolute Gasteiger partial charge is 0.326 e. The van der Waals surface area contributed by atoms with Crippen LogP contribution in [0.2, 0.25) is 0 Å². The first-order valence-electron chi connectivity index (χ1n) is 6.43. The van der Waals surface area contributed by atoms with Gasteiger partial charge in [-0.1, -0.05) is 13.0 Å². The van der Waals surface area contributed by atoms with Crippen molar-refractivity contribution in [1.82, 2.24) is 14.8 Å². The first-order chi connectivity index (χ1) is 9.06. The summed E-state index contributed by atoms with van der Waals surface area (Å²) in [5.41, 5.74) is 9.47. The summed E-state index contributed by atoms with van der Waals surface area (Å²) in [7, 11) is 0. The lowest BCUT2D eigenvalue weighted by atomic mass is 9.99. The lowest BCUT2D eigenvalue weighted by Crippen LogP contribution is -2.33. The molecule has 0 radical (unpaired) electrons. The second kappa shape index (κ2) is 5.84. The maximum atomic E-state index is 6.31. The summed E-state index contributed by atoms with van der Waals surface area (Å²) in [6.45, 7) is 6.13. The van der Waals surface area contributed by atoms with Crippen LogP contribution in [0.5, 0.6) is 0 Å². The third-order valence-electron chi connectivity index (χ3n) is 3.40. The maximum absolute atomic E-state index is 6.31. The monoisotopic (exact) mass is 322 g/mol. The van der Waals surface area contributed by atoms with Gasteiger partial charge in [0.1, 0.15) is 0 Å². The molecule has 5 heteroatoms. The van der Waals surface area contributed by atoms with Crippen LogP contribution in [-0.4, -0.2) is 20.8 Å². The Morgan fingerprint density at radius 1 is 1.42 bits per heavy atom. The molecule has 0 saturated carbocycles. The third kappa shape index (κ3) is 2.72. The number of pyridine rings is 1. The highest BCUT2D eigenvalue weighted by atomic mass is 79.9. The summed E-state index contributed by atoms with van der Waals surface area (Å²) in [6, 6.07) is 4.01. The van der Waals surface area contributed by atoms with Crippen molar-refractivity contribution in [3.63, 3.8) is 0 Å². The Balaban J connectivity index is 2.52. The number of hydrogen-bond donors (Lipinski definition) is 1. The van der Waals surface area contributed by atoms with Gasteiger partial charge in [-0.3, -0.25) is 9.67 Å². The molecule has 0 saturated heterocycles. The normalized spacial score (nSPS) is 14.4. The molecule has 0 fully saturated rings. The van der Waals surface area contributed by atoms with E-state index in [1.165, 1.54) is 0 Å². The molecular weight excluding hydrogens is 304 g/mol. The zero-order chi connectivity index (χ0) is 14.0. The summed E-state index contributed by atoms with van der Waals surface area (Å²) in [5, 5.41) is 4.62. The van der Waals surface area contributed by atoms with Crippen LogP contribution in [0.25, 0.3) is 0 Å². The summed E-state index contributed by atoms with van der Waals surface area (Å²) in [4.78, 5) is 4.20. The minimum Gasteiger partial charge on any atom is -0.326 e. The maximum Gasteiger partial charge on any atom is 0.0937 e. The Bertz CT molecular complexity index is 550. The van der Waals surface area contributed by atoms with Crippen LogP contribution in [0.4, 0.5) is 0 Å². The Morgan fingerprint density at radius 3 is 2.63 bits per heavy atom. The number of halogens is 1. The van der Waals surface area contributed by atoms with Crippen LogP contribution in [-0.2, 0) is 0 Å². The van der Waals surface area contributed by atoms with Gasteiger partial charge in [-0.25, -0.2) is 0 Å². The van der Waals surface area contributed by atoms with Gasteiger partial charge in [0, 0.05) is 18.4 Å². The quantitative estimate of drug-likeness (QED) is 0.941. The molecule has 2 aromatic rings. The SMILES string of the molecule is CCC(N)C(c1cccnc1)n1nc(C)c(Br)c1C. The predicted molar refractivity (Wildman–Crippen MR) is 80.0 cm³/mol. The van der Waals surface area contributed by atoms with Gasteiger partial charge in [-0.2, -0.15) is 5.10 Å². The van der Waals surface area contributed by atoms with E-state index in [9.17, 15) is 0 Å². The van der Waals surface area contributed by atoms with Gasteiger partial charge in [-0.15, -0.1) is 0 Å². The van der Waals surface area contributed by atoms with Crippen molar-refractivity contribution < 1.29 is 0 Å². The van der Waals surface area contributed by atoms with E-state index in [1.54, 1.807) is 6.20 Å². The second-order valence-electron chi connectivity index (χ2n) is 4.73. The summed E-state index contributed by atoms with van der Waals surface area (Å²) in [5.74, 6) is 0. The van der Waals surface area contributed by atoms with E-state index in [0.29, 0.717) is 0 Å². The average molecular weight is 323 g/mol. The first kappa shape index (κ1) is 14.2. The van der Waals surface area contributed by atoms with Crippen molar-refractivity contribution in [1.29, 1.82) is 0 Å². The fraction of sp³-hybridized carbons (Fsp3) is 0.429. The zero-order valence-corrected chi connectivity index (χ0v) is 13.1. The Morgan fingerprint density at radius 2 is 2.16 bits per heavy atom. The number of aryl methyl sites for hydroxylation is 1. The summed E-state index contributed by atoms with van der Waals surface area (Å²) in [6.07, 6.45) is 4.52. The van der Waals surface area contributed by atoms with Crippen LogP contribution in [0.15, 0.2) is 29.0 Å². The Kier molecular flexibility index (Phi) is 4.37. The highest BCUT2D eigenvalue weighted by Gasteiger charge is 2.24. The molecule has 19 heavy (non-hydrogen) atoms. The molecule has 2 unspecified atom stereocenters. The topological polar surface area (TPSA) is 56.7 Å². The molecule has 0 aromatic carbocycles. The van der Waals surface area contributed by atoms with Crippen LogP contribution in [0, 0.1) is 13.8 Å². The number of nitrogens with two attached hydrogens (primary N) is 1. The molecule has 0 aliphatic heterocycles. The number of hydrogen-bond acceptors (Lipinski definition) is 3. The molecule has 0 aliphatic rings. The smallest absolute Gasteiger partial charge is 0.0937 e. The van der Waals surface area contributed by atoms with Crippen molar-refractivity contribution in [3.05, 3.63) is 46.0 Å². The number of rotatable bonds is 4. The third-order valence-corrected chi connectivity index (χ3v) is 4.55. The van der Waals surface area contributed by atoms with E-state index in [0.717, 1.165) is 27.8 Å². The number of aromatic nitrogens is 3. The highest BCUT2D eigenvalue weighted by Crippen LogP contribution is 2.28. The van der Waals surface area contributed by atoms with E-state index in [1.807, 2.05) is 23.9 Å². The van der Waals surface area contributed by atoms with Crippen molar-refractivity contribution in [2.45, 2.75) is 39.3 Å². The van der Waals surface area contributed by atoms with E-state index >= 15 is 0 Å². The molecule has 2 heterocycles. The Labute approximate surface area is 122 Å². The van der Waals surface area contributed by atoms with E-state index in [2.05, 4.69) is 45.9 Å². The van der Waals surface area contributed by atoms with Gasteiger partial charge < -0.3 is 5.73 Å². The molecule has 102 valence electrons. The standard InChI is InChI=1S/C14H19BrN4/c1-4-12(16)14(11-6-5-7-17-8-11)19-10(3)13(15)9(2)18-19/h5-8,12,14H,4,16H2,1-3H3. The minimum absolute atomic E-state index is 0.00843. The van der Waals surface area contributed by atoms with Crippen LogP contribution in [0.1, 0.15) is 36.3 Å². The molecule has 2 N–H and O–H groups in total. The van der Waals surface area contributed by atoms with E-state index in [-0.39, 0.29) is 12.1 Å². The molecule has 2 atom stereocenters. The van der Waals surface area contributed by atoms with Gasteiger partial charge in [0.05, 0.1) is 21.9 Å². The highest BCUT2D eigenvalue weighted by molar-refractivity contribution is 9.10. The fourth-order valence-corrected chi connectivity index (χ4v) is 2.52. The predicted octanol–water partition coefficient (Wildman–Crippen LogP) is 2.98. The van der Waals surface area contributed by atoms with Gasteiger partial charge in [-0.05, 0) is 47.8 Å². The molecule has 2 aromatic heterocycles. The zero-order valence-electron chi connectivity index (χ0n) is 11.5. The molecule has 0 aliphatic carbocycles. The molecular formula is C14H19BrN4. The van der Waals surface area contributed by atoms with Crippen molar-refractivity contribution in [2.24, 2.45) is 5.73 Å². The molecule has 2 rings (SSSR count). The summed E-state index contributed by atoms with van der Waals surface area (Å²) >= 11 is 3.57. The van der Waals surface area contributed by atoms with Crippen LogP contribution >= 0.6 is 15.9 Å². The minimum atomic E-state index is 0.00843. The van der Waals surface area contributed by atoms with Crippen molar-refractivity contribution in [3.8, 4) is 0 Å². The lowest BCUT2D eigenvalue weighted by molar-refractivity contribution is 0.414. The van der Waals surface area contributed by atoms with Crippen molar-refractivity contribution >= 4 is 15.9 Å². The van der Waals surface area contributed by atoms with Crippen LogP contribution in [0.3, 0.4) is 0 Å². The molecule has 0 amide bonds. The van der Waals surface area contributed by atoms with Crippen LogP contribution < -0.4 is 5.73 Å². The molecule has 0 bridgehead atoms. The van der Waals surface area contributed by atoms with E-state index < -0.39 is 0 Å². The fourth-order valence-electron chi connectivity index (χ4n) is 2.26. The molecule has 4 nitrogen and oxygen atoms in total.